The second-order valence-electron chi connectivity index (χ2n) is 4.26. The van der Waals surface area contributed by atoms with Crippen LogP contribution in [0, 0.1) is 0 Å². The van der Waals surface area contributed by atoms with E-state index in [0.717, 1.165) is 19.3 Å². The summed E-state index contributed by atoms with van der Waals surface area (Å²) < 4.78 is 23.3. The maximum Gasteiger partial charge on any atom is 0.314 e. The zero-order valence-corrected chi connectivity index (χ0v) is 10.8. The molecule has 17 heavy (non-hydrogen) atoms. The van der Waals surface area contributed by atoms with E-state index >= 15 is 0 Å². The van der Waals surface area contributed by atoms with E-state index in [9.17, 15) is 13.2 Å². The summed E-state index contributed by atoms with van der Waals surface area (Å²) in [5.41, 5.74) is 5.29. The second kappa shape index (κ2) is 6.80. The van der Waals surface area contributed by atoms with E-state index in [0.29, 0.717) is 19.5 Å². The summed E-state index contributed by atoms with van der Waals surface area (Å²) in [4.78, 5) is 11.3. The van der Waals surface area contributed by atoms with Crippen LogP contribution in [0.15, 0.2) is 0 Å². The molecule has 100 valence electrons. The maximum atomic E-state index is 11.7. The lowest BCUT2D eigenvalue weighted by Crippen LogP contribution is -2.44. The Balaban J connectivity index is 2.27. The average Bonchev–Trinajstić information content (AvgIpc) is 2.27. The number of urea groups is 1. The van der Waals surface area contributed by atoms with Gasteiger partial charge in [0.05, 0.1) is 11.0 Å². The Hall–Kier alpha value is -0.820. The predicted octanol–water partition coefficient (Wildman–Crippen LogP) is -0.398. The molecule has 0 bridgehead atoms. The number of amides is 2. The molecule has 0 aliphatic carbocycles. The van der Waals surface area contributed by atoms with Gasteiger partial charge < -0.3 is 16.4 Å². The van der Waals surface area contributed by atoms with Crippen molar-refractivity contribution in [2.45, 2.75) is 30.9 Å². The number of hydrogen-bond donors (Lipinski definition) is 3. The van der Waals surface area contributed by atoms with E-state index in [1.807, 2.05) is 0 Å². The van der Waals surface area contributed by atoms with Gasteiger partial charge in [-0.1, -0.05) is 6.42 Å². The van der Waals surface area contributed by atoms with Gasteiger partial charge in [0.2, 0.25) is 0 Å². The first kappa shape index (κ1) is 14.2. The SMILES string of the molecule is NCCCNC(=O)NCC1CCCCS1(=O)=O. The van der Waals surface area contributed by atoms with Crippen molar-refractivity contribution in [1.29, 1.82) is 0 Å². The Morgan fingerprint density at radius 1 is 1.29 bits per heavy atom. The first-order chi connectivity index (χ1) is 8.06. The Morgan fingerprint density at radius 2 is 2.06 bits per heavy atom. The lowest BCUT2D eigenvalue weighted by molar-refractivity contribution is 0.240. The van der Waals surface area contributed by atoms with E-state index in [1.54, 1.807) is 0 Å². The van der Waals surface area contributed by atoms with Gasteiger partial charge in [-0.2, -0.15) is 0 Å². The van der Waals surface area contributed by atoms with Crippen LogP contribution in [0.5, 0.6) is 0 Å². The van der Waals surface area contributed by atoms with Gasteiger partial charge >= 0.3 is 6.03 Å². The van der Waals surface area contributed by atoms with Crippen molar-refractivity contribution in [1.82, 2.24) is 10.6 Å². The van der Waals surface area contributed by atoms with Gasteiger partial charge in [-0.3, -0.25) is 0 Å². The van der Waals surface area contributed by atoms with E-state index in [2.05, 4.69) is 10.6 Å². The van der Waals surface area contributed by atoms with Crippen LogP contribution in [0.3, 0.4) is 0 Å². The van der Waals surface area contributed by atoms with Crippen molar-refractivity contribution in [2.24, 2.45) is 5.73 Å². The van der Waals surface area contributed by atoms with Crippen LogP contribution in [0.25, 0.3) is 0 Å². The second-order valence-corrected chi connectivity index (χ2v) is 6.66. The van der Waals surface area contributed by atoms with Crippen molar-refractivity contribution in [2.75, 3.05) is 25.4 Å². The summed E-state index contributed by atoms with van der Waals surface area (Å²) in [6.45, 7) is 1.24. The summed E-state index contributed by atoms with van der Waals surface area (Å²) in [7, 11) is -3.01. The van der Waals surface area contributed by atoms with Crippen LogP contribution < -0.4 is 16.4 Å². The first-order valence-corrected chi connectivity index (χ1v) is 7.71. The molecule has 1 unspecified atom stereocenters. The van der Waals surface area contributed by atoms with Crippen molar-refractivity contribution < 1.29 is 13.2 Å². The molecule has 2 amide bonds. The highest BCUT2D eigenvalue weighted by Gasteiger charge is 2.28. The largest absolute Gasteiger partial charge is 0.338 e. The summed E-state index contributed by atoms with van der Waals surface area (Å²) in [6, 6.07) is -0.320. The number of sulfone groups is 1. The van der Waals surface area contributed by atoms with Crippen molar-refractivity contribution in [3.05, 3.63) is 0 Å². The van der Waals surface area contributed by atoms with Gasteiger partial charge in [0, 0.05) is 13.1 Å². The minimum absolute atomic E-state index is 0.205. The first-order valence-electron chi connectivity index (χ1n) is 5.99. The van der Waals surface area contributed by atoms with Crippen LogP contribution in [-0.4, -0.2) is 45.1 Å². The molecule has 6 nitrogen and oxygen atoms in total. The van der Waals surface area contributed by atoms with Crippen LogP contribution in [0.2, 0.25) is 0 Å². The van der Waals surface area contributed by atoms with Crippen LogP contribution in [-0.2, 0) is 9.84 Å². The molecule has 7 heteroatoms. The fourth-order valence-corrected chi connectivity index (χ4v) is 3.63. The van der Waals surface area contributed by atoms with Crippen LogP contribution >= 0.6 is 0 Å². The number of carbonyl (C=O) groups is 1. The van der Waals surface area contributed by atoms with E-state index < -0.39 is 15.1 Å². The van der Waals surface area contributed by atoms with Gasteiger partial charge in [-0.15, -0.1) is 0 Å². The van der Waals surface area contributed by atoms with Crippen molar-refractivity contribution in [3.63, 3.8) is 0 Å². The third kappa shape index (κ3) is 4.91. The average molecular weight is 263 g/mol. The Bertz CT molecular complexity index is 343. The summed E-state index contributed by atoms with van der Waals surface area (Å²) in [5.74, 6) is 0.244. The van der Waals surface area contributed by atoms with Crippen molar-refractivity contribution >= 4 is 15.9 Å². The number of nitrogens with one attached hydrogen (secondary N) is 2. The Morgan fingerprint density at radius 3 is 2.71 bits per heavy atom. The quantitative estimate of drug-likeness (QED) is 0.587. The molecule has 4 N–H and O–H groups in total. The highest BCUT2D eigenvalue weighted by molar-refractivity contribution is 7.92. The number of carbonyl (C=O) groups excluding carboxylic acids is 1. The molecule has 0 radical (unpaired) electrons. The number of rotatable bonds is 5. The summed E-state index contributed by atoms with van der Waals surface area (Å²) >= 11 is 0. The molecule has 0 aromatic rings. The lowest BCUT2D eigenvalue weighted by Gasteiger charge is -2.22. The molecule has 1 saturated heterocycles. The van der Waals surface area contributed by atoms with Gasteiger partial charge in [0.15, 0.2) is 9.84 Å². The maximum absolute atomic E-state index is 11.7. The van der Waals surface area contributed by atoms with Gasteiger partial charge in [-0.05, 0) is 25.8 Å². The normalized spacial score (nSPS) is 23.0. The Kier molecular flexibility index (Phi) is 5.70. The zero-order chi connectivity index (χ0) is 12.7. The number of hydrogen-bond acceptors (Lipinski definition) is 4. The minimum atomic E-state index is -3.01. The topological polar surface area (TPSA) is 101 Å². The van der Waals surface area contributed by atoms with E-state index in [1.165, 1.54) is 0 Å². The van der Waals surface area contributed by atoms with Gasteiger partial charge in [-0.25, -0.2) is 13.2 Å². The summed E-state index contributed by atoms with van der Waals surface area (Å²) in [6.07, 6.45) is 3.02. The van der Waals surface area contributed by atoms with E-state index in [-0.39, 0.29) is 18.3 Å². The van der Waals surface area contributed by atoms with Crippen LogP contribution in [0.4, 0.5) is 4.79 Å². The molecule has 0 aromatic carbocycles. The molecule has 0 spiro atoms. The van der Waals surface area contributed by atoms with Crippen LogP contribution in [0.1, 0.15) is 25.7 Å². The van der Waals surface area contributed by atoms with Gasteiger partial charge in [0.25, 0.3) is 0 Å². The highest BCUT2D eigenvalue weighted by atomic mass is 32.2. The molecular weight excluding hydrogens is 242 g/mol. The zero-order valence-electron chi connectivity index (χ0n) is 9.94. The van der Waals surface area contributed by atoms with E-state index in [4.69, 9.17) is 5.73 Å². The molecule has 1 heterocycles. The fraction of sp³-hybridized carbons (Fsp3) is 0.900. The molecule has 1 aliphatic heterocycles. The number of nitrogens with two attached hydrogens (primary N) is 1. The minimum Gasteiger partial charge on any atom is -0.338 e. The summed E-state index contributed by atoms with van der Waals surface area (Å²) in [5, 5.41) is 4.80. The monoisotopic (exact) mass is 263 g/mol. The highest BCUT2D eigenvalue weighted by Crippen LogP contribution is 2.18. The fourth-order valence-electron chi connectivity index (χ4n) is 1.82. The third-order valence-electron chi connectivity index (χ3n) is 2.87. The standard InChI is InChI=1S/C10H21N3O3S/c11-5-3-6-12-10(14)13-8-9-4-1-2-7-17(9,15)16/h9H,1-8,11H2,(H2,12,13,14). The third-order valence-corrected chi connectivity index (χ3v) is 5.15. The predicted molar refractivity (Wildman–Crippen MR) is 66.5 cm³/mol. The Labute approximate surface area is 102 Å². The smallest absolute Gasteiger partial charge is 0.314 e. The molecule has 0 aromatic heterocycles. The molecular formula is C10H21N3O3S. The molecule has 1 fully saturated rings. The lowest BCUT2D eigenvalue weighted by atomic mass is 10.2. The van der Waals surface area contributed by atoms with Crippen molar-refractivity contribution in [3.8, 4) is 0 Å². The van der Waals surface area contributed by atoms with Gasteiger partial charge in [0.1, 0.15) is 0 Å². The molecule has 1 aliphatic rings. The molecule has 1 rings (SSSR count). The molecule has 0 saturated carbocycles. The molecule has 1 atom stereocenters.